The fourth-order valence-corrected chi connectivity index (χ4v) is 6.05. The molecule has 38 heavy (non-hydrogen) atoms. The molecule has 0 N–H and O–H groups in total. The summed E-state index contributed by atoms with van der Waals surface area (Å²) in [4.78, 5) is 31.7. The second-order valence-electron chi connectivity index (χ2n) is 10.8. The molecule has 2 amide bonds. The average molecular weight is 591 g/mol. The third-order valence-electron chi connectivity index (χ3n) is 5.47. The standard InChI is InChI=1S/C24H32ClFN4O6S2/c1-23(2,3)35-21(31)29-11-10-15(12-29)28(7)16-8-9-17(20(26)19(16)25)38(33,34)30(18-13-37-14-27-18)22(32)36-24(4,5)6/h8-9,13-15H,10-12H2,1-7H3. The van der Waals surface area contributed by atoms with Crippen LogP contribution in [0.5, 0.6) is 0 Å². The van der Waals surface area contributed by atoms with Crippen LogP contribution < -0.4 is 9.21 Å². The van der Waals surface area contributed by atoms with Gasteiger partial charge in [-0.3, -0.25) is 0 Å². The minimum Gasteiger partial charge on any atom is -0.444 e. The average Bonchev–Trinajstić information content (AvgIpc) is 3.45. The lowest BCUT2D eigenvalue weighted by Gasteiger charge is -2.29. The van der Waals surface area contributed by atoms with Gasteiger partial charge < -0.3 is 19.3 Å². The van der Waals surface area contributed by atoms with Crippen LogP contribution in [0.1, 0.15) is 48.0 Å². The first-order chi connectivity index (χ1) is 17.4. The van der Waals surface area contributed by atoms with Gasteiger partial charge in [0.2, 0.25) is 0 Å². The number of thiazole rings is 1. The predicted molar refractivity (Wildman–Crippen MR) is 144 cm³/mol. The number of rotatable bonds is 5. The van der Waals surface area contributed by atoms with E-state index < -0.39 is 49.1 Å². The fourth-order valence-electron chi connectivity index (χ4n) is 3.76. The van der Waals surface area contributed by atoms with Crippen LogP contribution in [0, 0.1) is 5.82 Å². The molecule has 1 aliphatic rings. The summed E-state index contributed by atoms with van der Waals surface area (Å²) in [5.41, 5.74) is -0.0820. The van der Waals surface area contributed by atoms with Gasteiger partial charge in [-0.2, -0.15) is 0 Å². The number of anilines is 2. The lowest BCUT2D eigenvalue weighted by molar-refractivity contribution is 0.0292. The van der Waals surface area contributed by atoms with E-state index in [9.17, 15) is 18.0 Å². The highest BCUT2D eigenvalue weighted by Gasteiger charge is 2.39. The van der Waals surface area contributed by atoms with Gasteiger partial charge >= 0.3 is 12.2 Å². The van der Waals surface area contributed by atoms with Crippen LogP contribution in [0.3, 0.4) is 0 Å². The second-order valence-corrected chi connectivity index (χ2v) is 13.6. The molecule has 0 spiro atoms. The maximum atomic E-state index is 15.6. The van der Waals surface area contributed by atoms with Crippen LogP contribution in [0.25, 0.3) is 0 Å². The summed E-state index contributed by atoms with van der Waals surface area (Å²) in [6.45, 7) is 10.8. The van der Waals surface area contributed by atoms with Crippen LogP contribution in [-0.2, 0) is 19.5 Å². The zero-order valence-electron chi connectivity index (χ0n) is 22.3. The Balaban J connectivity index is 1.90. The van der Waals surface area contributed by atoms with Crippen molar-refractivity contribution in [2.24, 2.45) is 0 Å². The summed E-state index contributed by atoms with van der Waals surface area (Å²) in [7, 11) is -3.11. The van der Waals surface area contributed by atoms with Gasteiger partial charge in [-0.15, -0.1) is 15.6 Å². The number of aromatic nitrogens is 1. The molecule has 0 bridgehead atoms. The normalized spacial score (nSPS) is 16.3. The molecule has 14 heteroatoms. The van der Waals surface area contributed by atoms with E-state index >= 15 is 4.39 Å². The zero-order chi connectivity index (χ0) is 28.6. The van der Waals surface area contributed by atoms with Gasteiger partial charge in [0.1, 0.15) is 21.1 Å². The molecule has 2 aromatic rings. The van der Waals surface area contributed by atoms with Crippen LogP contribution in [0.4, 0.5) is 25.5 Å². The van der Waals surface area contributed by atoms with Gasteiger partial charge in [0, 0.05) is 31.6 Å². The van der Waals surface area contributed by atoms with E-state index in [1.54, 1.807) is 58.4 Å². The Kier molecular flexibility index (Phi) is 8.54. The van der Waals surface area contributed by atoms with Gasteiger partial charge in [0.25, 0.3) is 10.0 Å². The molecule has 1 aliphatic heterocycles. The molecule has 1 saturated heterocycles. The molecule has 1 aromatic carbocycles. The van der Waals surface area contributed by atoms with Crippen LogP contribution in [0.15, 0.2) is 27.9 Å². The number of likely N-dealkylation sites (tertiary alicyclic amines) is 1. The Bertz CT molecular complexity index is 1290. The van der Waals surface area contributed by atoms with E-state index in [0.717, 1.165) is 17.4 Å². The van der Waals surface area contributed by atoms with E-state index in [2.05, 4.69) is 4.98 Å². The Hall–Kier alpha value is -2.64. The molecule has 0 saturated carbocycles. The molecule has 1 unspecified atom stereocenters. The number of ether oxygens (including phenoxy) is 2. The van der Waals surface area contributed by atoms with Crippen molar-refractivity contribution >= 4 is 56.7 Å². The molecule has 0 radical (unpaired) electrons. The Labute approximate surface area is 231 Å². The van der Waals surface area contributed by atoms with Gasteiger partial charge in [-0.05, 0) is 60.1 Å². The Morgan fingerprint density at radius 2 is 1.79 bits per heavy atom. The molecular formula is C24H32ClFN4O6S2. The SMILES string of the molecule is CN(c1ccc(S(=O)(=O)N(C(=O)OC(C)(C)C)c2cscn2)c(F)c1Cl)C1CCN(C(=O)OC(C)(C)C)C1. The first-order valence-electron chi connectivity index (χ1n) is 11.8. The second kappa shape index (κ2) is 10.9. The molecular weight excluding hydrogens is 559 g/mol. The number of halogens is 2. The van der Waals surface area contributed by atoms with Crippen molar-refractivity contribution in [3.05, 3.63) is 33.9 Å². The van der Waals surface area contributed by atoms with E-state index in [-0.39, 0.29) is 17.5 Å². The number of carbonyl (C=O) groups is 2. The largest absolute Gasteiger partial charge is 0.444 e. The number of sulfonamides is 1. The topological polar surface area (TPSA) is 109 Å². The molecule has 10 nitrogen and oxygen atoms in total. The lowest BCUT2D eigenvalue weighted by Crippen LogP contribution is -2.41. The summed E-state index contributed by atoms with van der Waals surface area (Å²) in [6.07, 6.45) is -1.10. The summed E-state index contributed by atoms with van der Waals surface area (Å²) < 4.78 is 53.6. The highest BCUT2D eigenvalue weighted by Crippen LogP contribution is 2.36. The summed E-state index contributed by atoms with van der Waals surface area (Å²) >= 11 is 7.40. The number of benzene rings is 1. The molecule has 1 atom stereocenters. The van der Waals surface area contributed by atoms with E-state index in [4.69, 9.17) is 21.1 Å². The fraction of sp³-hybridized carbons (Fsp3) is 0.542. The van der Waals surface area contributed by atoms with Gasteiger partial charge in [0.05, 0.1) is 11.2 Å². The van der Waals surface area contributed by atoms with Crippen molar-refractivity contribution < 1.29 is 31.9 Å². The number of amides is 2. The summed E-state index contributed by atoms with van der Waals surface area (Å²) in [5, 5.41) is 0.895. The van der Waals surface area contributed by atoms with E-state index in [1.807, 2.05) is 0 Å². The minimum absolute atomic E-state index is 0.213. The van der Waals surface area contributed by atoms with Gasteiger partial charge in [0.15, 0.2) is 11.6 Å². The predicted octanol–water partition coefficient (Wildman–Crippen LogP) is 5.51. The van der Waals surface area contributed by atoms with Crippen LogP contribution in [0.2, 0.25) is 5.02 Å². The van der Waals surface area contributed by atoms with Gasteiger partial charge in [-0.1, -0.05) is 11.6 Å². The Morgan fingerprint density at radius 1 is 1.16 bits per heavy atom. The molecule has 1 fully saturated rings. The maximum Gasteiger partial charge on any atom is 0.430 e. The smallest absolute Gasteiger partial charge is 0.430 e. The van der Waals surface area contributed by atoms with Crippen molar-refractivity contribution in [1.29, 1.82) is 0 Å². The third kappa shape index (κ3) is 6.67. The summed E-state index contributed by atoms with van der Waals surface area (Å²) in [6, 6.07) is 2.20. The number of likely N-dealkylation sites (N-methyl/N-ethyl adjacent to an activating group) is 1. The number of hydrogen-bond donors (Lipinski definition) is 0. The first-order valence-corrected chi connectivity index (χ1v) is 14.5. The summed E-state index contributed by atoms with van der Waals surface area (Å²) in [5.74, 6) is -1.45. The molecule has 210 valence electrons. The van der Waals surface area contributed by atoms with Crippen molar-refractivity contribution in [3.8, 4) is 0 Å². The third-order valence-corrected chi connectivity index (χ3v) is 8.10. The monoisotopic (exact) mass is 590 g/mol. The van der Waals surface area contributed by atoms with Crippen LogP contribution in [-0.4, -0.2) is 67.9 Å². The molecule has 2 heterocycles. The zero-order valence-corrected chi connectivity index (χ0v) is 24.7. The molecule has 0 aliphatic carbocycles. The van der Waals surface area contributed by atoms with Crippen molar-refractivity contribution in [2.45, 2.75) is 70.1 Å². The maximum absolute atomic E-state index is 15.6. The lowest BCUT2D eigenvalue weighted by atomic mass is 10.2. The first kappa shape index (κ1) is 29.9. The van der Waals surface area contributed by atoms with Crippen LogP contribution >= 0.6 is 22.9 Å². The Morgan fingerprint density at radius 3 is 2.34 bits per heavy atom. The highest BCUT2D eigenvalue weighted by molar-refractivity contribution is 7.93. The van der Waals surface area contributed by atoms with Crippen molar-refractivity contribution in [3.63, 3.8) is 0 Å². The van der Waals surface area contributed by atoms with E-state index in [1.165, 1.54) is 17.0 Å². The van der Waals surface area contributed by atoms with Gasteiger partial charge in [-0.25, -0.2) is 27.4 Å². The molecule has 1 aromatic heterocycles. The molecule has 3 rings (SSSR count). The number of carbonyl (C=O) groups excluding carboxylic acids is 2. The minimum atomic E-state index is -4.79. The highest BCUT2D eigenvalue weighted by atomic mass is 35.5. The number of hydrogen-bond acceptors (Lipinski definition) is 9. The van der Waals surface area contributed by atoms with E-state index in [0.29, 0.717) is 23.8 Å². The van der Waals surface area contributed by atoms with Crippen molar-refractivity contribution in [2.75, 3.05) is 29.3 Å². The number of nitrogens with zero attached hydrogens (tertiary/aromatic N) is 4. The van der Waals surface area contributed by atoms with Crippen molar-refractivity contribution in [1.82, 2.24) is 9.88 Å². The quantitative estimate of drug-likeness (QED) is 0.448.